The van der Waals surface area contributed by atoms with Crippen LogP contribution in [0.2, 0.25) is 0 Å². The Bertz CT molecular complexity index is 160. The molecule has 2 atom stereocenters. The highest BCUT2D eigenvalue weighted by molar-refractivity contribution is 5.71. The van der Waals surface area contributed by atoms with Crippen molar-refractivity contribution in [3.63, 3.8) is 0 Å². The van der Waals surface area contributed by atoms with E-state index in [1.165, 1.54) is 19.3 Å². The Morgan fingerprint density at radius 3 is 2.82 bits per heavy atom. The molecule has 1 saturated carbocycles. The molecule has 11 heavy (non-hydrogen) atoms. The molecule has 0 amide bonds. The van der Waals surface area contributed by atoms with Gasteiger partial charge in [0, 0.05) is 0 Å². The summed E-state index contributed by atoms with van der Waals surface area (Å²) < 4.78 is 0. The van der Waals surface area contributed by atoms with Gasteiger partial charge < -0.3 is 0 Å². The van der Waals surface area contributed by atoms with Crippen molar-refractivity contribution in [2.24, 2.45) is 11.8 Å². The number of carbonyl (C=O) groups excluding carboxylic acids is 1. The molecular weight excluding hydrogens is 136 g/mol. The van der Waals surface area contributed by atoms with Crippen molar-refractivity contribution < 1.29 is 4.79 Å². The average molecular weight is 152 g/mol. The zero-order chi connectivity index (χ0) is 8.27. The van der Waals surface area contributed by atoms with Crippen LogP contribution in [0, 0.1) is 11.8 Å². The first-order chi connectivity index (χ1) is 5.24. The van der Waals surface area contributed by atoms with Crippen molar-refractivity contribution in [3.8, 4) is 0 Å². The first kappa shape index (κ1) is 8.51. The molecule has 0 bridgehead atoms. The van der Waals surface area contributed by atoms with E-state index in [4.69, 9.17) is 0 Å². The van der Waals surface area contributed by atoms with Crippen LogP contribution in [0.3, 0.4) is 0 Å². The van der Waals surface area contributed by atoms with E-state index in [1.54, 1.807) is 0 Å². The lowest BCUT2D eigenvalue weighted by molar-refractivity contribution is -0.105. The molecule has 0 heterocycles. The fourth-order valence-corrected chi connectivity index (χ4v) is 1.91. The van der Waals surface area contributed by atoms with Gasteiger partial charge in [0.1, 0.15) is 6.29 Å². The summed E-state index contributed by atoms with van der Waals surface area (Å²) in [6, 6.07) is 0. The Hall–Kier alpha value is -0.590. The topological polar surface area (TPSA) is 17.1 Å². The first-order valence-corrected chi connectivity index (χ1v) is 4.37. The van der Waals surface area contributed by atoms with E-state index in [1.807, 2.05) is 0 Å². The molecule has 1 fully saturated rings. The molecule has 1 aliphatic rings. The molecule has 0 spiro atoms. The molecule has 0 radical (unpaired) electrons. The van der Waals surface area contributed by atoms with Gasteiger partial charge in [-0.15, -0.1) is 0 Å². The molecule has 0 N–H and O–H groups in total. The first-order valence-electron chi connectivity index (χ1n) is 4.37. The predicted molar refractivity (Wildman–Crippen MR) is 46.3 cm³/mol. The largest absolute Gasteiger partial charge is 0.298 e. The number of hydrogen-bond donors (Lipinski definition) is 0. The summed E-state index contributed by atoms with van der Waals surface area (Å²) >= 11 is 0. The summed E-state index contributed by atoms with van der Waals surface area (Å²) in [7, 11) is 0. The maximum absolute atomic E-state index is 10.3. The van der Waals surface area contributed by atoms with Gasteiger partial charge in [0.25, 0.3) is 0 Å². The van der Waals surface area contributed by atoms with E-state index in [9.17, 15) is 4.79 Å². The van der Waals surface area contributed by atoms with Crippen molar-refractivity contribution in [2.75, 3.05) is 0 Å². The fourth-order valence-electron chi connectivity index (χ4n) is 1.91. The normalized spacial score (nSPS) is 30.3. The lowest BCUT2D eigenvalue weighted by atomic mass is 9.92. The highest BCUT2D eigenvalue weighted by atomic mass is 16.1. The highest BCUT2D eigenvalue weighted by Gasteiger charge is 2.23. The highest BCUT2D eigenvalue weighted by Crippen LogP contribution is 2.34. The Morgan fingerprint density at radius 1 is 1.64 bits per heavy atom. The van der Waals surface area contributed by atoms with E-state index in [2.05, 4.69) is 13.5 Å². The molecule has 1 nitrogen and oxygen atoms in total. The SMILES string of the molecule is C=C(C=O)CC1CCCC1C. The summed E-state index contributed by atoms with van der Waals surface area (Å²) in [4.78, 5) is 10.3. The Morgan fingerprint density at radius 2 is 2.36 bits per heavy atom. The van der Waals surface area contributed by atoms with Crippen molar-refractivity contribution in [2.45, 2.75) is 32.6 Å². The van der Waals surface area contributed by atoms with Crippen molar-refractivity contribution in [3.05, 3.63) is 12.2 Å². The van der Waals surface area contributed by atoms with Crippen molar-refractivity contribution >= 4 is 6.29 Å². The standard InChI is InChI=1S/C10H16O/c1-8(7-11)6-10-5-3-4-9(10)2/h7,9-10H,1,3-6H2,2H3. The third-order valence-corrected chi connectivity index (χ3v) is 2.73. The van der Waals surface area contributed by atoms with Crippen LogP contribution in [-0.4, -0.2) is 6.29 Å². The third kappa shape index (κ3) is 2.18. The predicted octanol–water partition coefficient (Wildman–Crippen LogP) is 2.57. The van der Waals surface area contributed by atoms with Gasteiger partial charge in [0.15, 0.2) is 0 Å². The van der Waals surface area contributed by atoms with Gasteiger partial charge in [-0.2, -0.15) is 0 Å². The fraction of sp³-hybridized carbons (Fsp3) is 0.700. The molecule has 2 unspecified atom stereocenters. The lowest BCUT2D eigenvalue weighted by Gasteiger charge is -2.13. The molecule has 0 aromatic heterocycles. The molecule has 1 aliphatic carbocycles. The molecule has 0 aromatic carbocycles. The maximum atomic E-state index is 10.3. The minimum atomic E-state index is 0.729. The van der Waals surface area contributed by atoms with Crippen molar-refractivity contribution in [1.29, 1.82) is 0 Å². The van der Waals surface area contributed by atoms with E-state index in [-0.39, 0.29) is 0 Å². The van der Waals surface area contributed by atoms with Crippen LogP contribution < -0.4 is 0 Å². The van der Waals surface area contributed by atoms with Crippen LogP contribution in [0.25, 0.3) is 0 Å². The van der Waals surface area contributed by atoms with Gasteiger partial charge >= 0.3 is 0 Å². The summed E-state index contributed by atoms with van der Waals surface area (Å²) in [5.41, 5.74) is 0.767. The summed E-state index contributed by atoms with van der Waals surface area (Å²) in [5, 5.41) is 0. The van der Waals surface area contributed by atoms with Crippen LogP contribution in [0.1, 0.15) is 32.6 Å². The van der Waals surface area contributed by atoms with Gasteiger partial charge in [0.05, 0.1) is 0 Å². The van der Waals surface area contributed by atoms with Crippen molar-refractivity contribution in [1.82, 2.24) is 0 Å². The van der Waals surface area contributed by atoms with Gasteiger partial charge in [-0.25, -0.2) is 0 Å². The summed E-state index contributed by atoms with van der Waals surface area (Å²) in [5.74, 6) is 1.53. The van der Waals surface area contributed by atoms with E-state index < -0.39 is 0 Å². The smallest absolute Gasteiger partial charge is 0.145 e. The van der Waals surface area contributed by atoms with E-state index >= 15 is 0 Å². The van der Waals surface area contributed by atoms with Crippen LogP contribution in [0.15, 0.2) is 12.2 Å². The number of rotatable bonds is 3. The van der Waals surface area contributed by atoms with Crippen LogP contribution in [0.4, 0.5) is 0 Å². The Kier molecular flexibility index (Phi) is 2.86. The Labute approximate surface area is 68.5 Å². The van der Waals surface area contributed by atoms with Gasteiger partial charge in [-0.3, -0.25) is 4.79 Å². The lowest BCUT2D eigenvalue weighted by Crippen LogP contribution is -2.04. The number of aldehydes is 1. The molecule has 62 valence electrons. The third-order valence-electron chi connectivity index (χ3n) is 2.73. The van der Waals surface area contributed by atoms with E-state index in [0.29, 0.717) is 0 Å². The Balaban J connectivity index is 2.36. The number of carbonyl (C=O) groups is 1. The second-order valence-corrected chi connectivity index (χ2v) is 3.65. The molecule has 0 aromatic rings. The van der Waals surface area contributed by atoms with E-state index in [0.717, 1.165) is 30.1 Å². The van der Waals surface area contributed by atoms with Gasteiger partial charge in [0.2, 0.25) is 0 Å². The summed E-state index contributed by atoms with van der Waals surface area (Å²) in [6.07, 6.45) is 5.76. The second-order valence-electron chi connectivity index (χ2n) is 3.65. The van der Waals surface area contributed by atoms with Crippen LogP contribution in [0.5, 0.6) is 0 Å². The summed E-state index contributed by atoms with van der Waals surface area (Å²) in [6.45, 7) is 5.98. The molecule has 0 aliphatic heterocycles. The zero-order valence-electron chi connectivity index (χ0n) is 7.18. The monoisotopic (exact) mass is 152 g/mol. The number of allylic oxidation sites excluding steroid dienone is 1. The quantitative estimate of drug-likeness (QED) is 0.448. The molecule has 0 saturated heterocycles. The average Bonchev–Trinajstić information content (AvgIpc) is 2.37. The maximum Gasteiger partial charge on any atom is 0.145 e. The molecule has 1 heteroatoms. The minimum absolute atomic E-state index is 0.729. The zero-order valence-corrected chi connectivity index (χ0v) is 7.18. The van der Waals surface area contributed by atoms with Gasteiger partial charge in [-0.1, -0.05) is 26.3 Å². The minimum Gasteiger partial charge on any atom is -0.298 e. The second kappa shape index (κ2) is 3.70. The molecular formula is C10H16O. The molecule has 1 rings (SSSR count). The van der Waals surface area contributed by atoms with Crippen LogP contribution in [-0.2, 0) is 4.79 Å². The van der Waals surface area contributed by atoms with Gasteiger partial charge in [-0.05, 0) is 30.3 Å². The number of hydrogen-bond acceptors (Lipinski definition) is 1. The van der Waals surface area contributed by atoms with Crippen LogP contribution >= 0.6 is 0 Å².